The summed E-state index contributed by atoms with van der Waals surface area (Å²) in [6.45, 7) is 0.590. The SMILES string of the molecule is C#CCN[C@H](Cc1ccccc1)c1ccccc1. The van der Waals surface area contributed by atoms with Gasteiger partial charge in [0, 0.05) is 6.04 Å². The molecule has 0 fully saturated rings. The molecule has 18 heavy (non-hydrogen) atoms. The third-order valence-corrected chi connectivity index (χ3v) is 2.94. The van der Waals surface area contributed by atoms with Crippen molar-refractivity contribution in [1.29, 1.82) is 0 Å². The van der Waals surface area contributed by atoms with Crippen LogP contribution < -0.4 is 5.32 Å². The normalized spacial score (nSPS) is 11.7. The van der Waals surface area contributed by atoms with E-state index in [9.17, 15) is 0 Å². The summed E-state index contributed by atoms with van der Waals surface area (Å²) in [5.74, 6) is 2.64. The maximum absolute atomic E-state index is 5.34. The molecule has 1 heteroatoms. The van der Waals surface area contributed by atoms with Crippen molar-refractivity contribution in [3.05, 3.63) is 71.8 Å². The van der Waals surface area contributed by atoms with E-state index in [-0.39, 0.29) is 6.04 Å². The van der Waals surface area contributed by atoms with Gasteiger partial charge in [0.05, 0.1) is 6.54 Å². The Morgan fingerprint density at radius 2 is 1.56 bits per heavy atom. The first kappa shape index (κ1) is 12.4. The van der Waals surface area contributed by atoms with Gasteiger partial charge in [0.1, 0.15) is 0 Å². The van der Waals surface area contributed by atoms with Crippen LogP contribution in [-0.2, 0) is 6.42 Å². The maximum Gasteiger partial charge on any atom is 0.0578 e. The minimum Gasteiger partial charge on any atom is -0.299 e. The zero-order chi connectivity index (χ0) is 12.6. The number of benzene rings is 2. The van der Waals surface area contributed by atoms with Crippen molar-refractivity contribution in [3.8, 4) is 12.3 Å². The van der Waals surface area contributed by atoms with Gasteiger partial charge in [-0.1, -0.05) is 66.6 Å². The van der Waals surface area contributed by atoms with Crippen molar-refractivity contribution in [2.24, 2.45) is 0 Å². The van der Waals surface area contributed by atoms with E-state index in [0.717, 1.165) is 6.42 Å². The highest BCUT2D eigenvalue weighted by Gasteiger charge is 2.10. The highest BCUT2D eigenvalue weighted by Crippen LogP contribution is 2.17. The van der Waals surface area contributed by atoms with Crippen molar-refractivity contribution in [3.63, 3.8) is 0 Å². The Balaban J connectivity index is 2.14. The minimum atomic E-state index is 0.268. The predicted molar refractivity (Wildman–Crippen MR) is 76.2 cm³/mol. The molecule has 1 N–H and O–H groups in total. The lowest BCUT2D eigenvalue weighted by Gasteiger charge is -2.18. The molecule has 2 rings (SSSR count). The number of hydrogen-bond donors (Lipinski definition) is 1. The first-order valence-corrected chi connectivity index (χ1v) is 6.16. The summed E-state index contributed by atoms with van der Waals surface area (Å²) in [7, 11) is 0. The Bertz CT molecular complexity index is 496. The van der Waals surface area contributed by atoms with Crippen LogP contribution in [0.4, 0.5) is 0 Å². The van der Waals surface area contributed by atoms with Gasteiger partial charge in [0.25, 0.3) is 0 Å². The van der Waals surface area contributed by atoms with Crippen LogP contribution >= 0.6 is 0 Å². The standard InChI is InChI=1S/C17H17N/c1-2-13-18-17(16-11-7-4-8-12-16)14-15-9-5-3-6-10-15/h1,3-12,17-18H,13-14H2/t17-/m1/s1. The van der Waals surface area contributed by atoms with E-state index in [2.05, 4.69) is 59.8 Å². The summed E-state index contributed by atoms with van der Waals surface area (Å²) < 4.78 is 0. The molecule has 0 radical (unpaired) electrons. The lowest BCUT2D eigenvalue weighted by molar-refractivity contribution is 0.569. The molecule has 0 saturated heterocycles. The molecular formula is C17H17N. The van der Waals surface area contributed by atoms with Gasteiger partial charge in [0.15, 0.2) is 0 Å². The van der Waals surface area contributed by atoms with E-state index < -0.39 is 0 Å². The molecule has 1 atom stereocenters. The first-order chi connectivity index (χ1) is 8.90. The summed E-state index contributed by atoms with van der Waals surface area (Å²) in [6.07, 6.45) is 6.29. The van der Waals surface area contributed by atoms with Gasteiger partial charge in [-0.25, -0.2) is 0 Å². The molecule has 90 valence electrons. The third kappa shape index (κ3) is 3.48. The van der Waals surface area contributed by atoms with Crippen LogP contribution in [-0.4, -0.2) is 6.54 Å². The molecule has 1 nitrogen and oxygen atoms in total. The largest absolute Gasteiger partial charge is 0.299 e. The van der Waals surface area contributed by atoms with Gasteiger partial charge in [-0.15, -0.1) is 6.42 Å². The molecule has 0 bridgehead atoms. The van der Waals surface area contributed by atoms with Gasteiger partial charge in [-0.05, 0) is 17.5 Å². The average Bonchev–Trinajstić information content (AvgIpc) is 2.45. The summed E-state index contributed by atoms with van der Waals surface area (Å²) in [5, 5.41) is 3.40. The highest BCUT2D eigenvalue weighted by molar-refractivity contribution is 5.24. The topological polar surface area (TPSA) is 12.0 Å². The van der Waals surface area contributed by atoms with Crippen molar-refractivity contribution in [1.82, 2.24) is 5.32 Å². The maximum atomic E-state index is 5.34. The molecule has 0 aromatic heterocycles. The Hall–Kier alpha value is -2.04. The zero-order valence-electron chi connectivity index (χ0n) is 10.3. The van der Waals surface area contributed by atoms with Crippen molar-refractivity contribution in [2.45, 2.75) is 12.5 Å². The van der Waals surface area contributed by atoms with Crippen LogP contribution in [0.1, 0.15) is 17.2 Å². The molecule has 0 amide bonds. The fourth-order valence-corrected chi connectivity index (χ4v) is 2.03. The molecule has 0 spiro atoms. The molecule has 0 aliphatic carbocycles. The fourth-order valence-electron chi connectivity index (χ4n) is 2.03. The summed E-state index contributed by atoms with van der Waals surface area (Å²) in [4.78, 5) is 0. The van der Waals surface area contributed by atoms with Crippen molar-refractivity contribution < 1.29 is 0 Å². The second-order valence-corrected chi connectivity index (χ2v) is 4.24. The van der Waals surface area contributed by atoms with Crippen molar-refractivity contribution in [2.75, 3.05) is 6.54 Å². The zero-order valence-corrected chi connectivity index (χ0v) is 10.3. The van der Waals surface area contributed by atoms with Gasteiger partial charge in [0.2, 0.25) is 0 Å². The molecule has 0 aliphatic heterocycles. The minimum absolute atomic E-state index is 0.268. The Labute approximate surface area is 109 Å². The second kappa shape index (κ2) is 6.64. The third-order valence-electron chi connectivity index (χ3n) is 2.94. The predicted octanol–water partition coefficient (Wildman–Crippen LogP) is 3.19. The summed E-state index contributed by atoms with van der Waals surface area (Å²) >= 11 is 0. The Morgan fingerprint density at radius 1 is 0.944 bits per heavy atom. The summed E-state index contributed by atoms with van der Waals surface area (Å²) in [5.41, 5.74) is 2.59. The van der Waals surface area contributed by atoms with Crippen LogP contribution in [0.2, 0.25) is 0 Å². The molecule has 0 saturated carbocycles. The lowest BCUT2D eigenvalue weighted by Crippen LogP contribution is -2.23. The number of rotatable bonds is 5. The van der Waals surface area contributed by atoms with E-state index in [1.165, 1.54) is 11.1 Å². The van der Waals surface area contributed by atoms with E-state index in [4.69, 9.17) is 6.42 Å². The van der Waals surface area contributed by atoms with Crippen LogP contribution in [0.15, 0.2) is 60.7 Å². The fraction of sp³-hybridized carbons (Fsp3) is 0.176. The van der Waals surface area contributed by atoms with Gasteiger partial charge in [-0.3, -0.25) is 5.32 Å². The Morgan fingerprint density at radius 3 is 2.17 bits per heavy atom. The van der Waals surface area contributed by atoms with Crippen molar-refractivity contribution >= 4 is 0 Å². The van der Waals surface area contributed by atoms with E-state index in [0.29, 0.717) is 6.54 Å². The first-order valence-electron chi connectivity index (χ1n) is 6.16. The van der Waals surface area contributed by atoms with Gasteiger partial charge < -0.3 is 0 Å². The van der Waals surface area contributed by atoms with Gasteiger partial charge >= 0.3 is 0 Å². The van der Waals surface area contributed by atoms with E-state index in [1.54, 1.807) is 0 Å². The quantitative estimate of drug-likeness (QED) is 0.785. The number of terminal acetylenes is 1. The average molecular weight is 235 g/mol. The monoisotopic (exact) mass is 235 g/mol. The molecular weight excluding hydrogens is 218 g/mol. The van der Waals surface area contributed by atoms with E-state index >= 15 is 0 Å². The van der Waals surface area contributed by atoms with Crippen LogP contribution in [0.25, 0.3) is 0 Å². The second-order valence-electron chi connectivity index (χ2n) is 4.24. The van der Waals surface area contributed by atoms with Crippen LogP contribution in [0.5, 0.6) is 0 Å². The number of nitrogens with one attached hydrogen (secondary N) is 1. The van der Waals surface area contributed by atoms with Crippen LogP contribution in [0, 0.1) is 12.3 Å². The highest BCUT2D eigenvalue weighted by atomic mass is 14.9. The Kier molecular flexibility index (Phi) is 4.58. The number of hydrogen-bond acceptors (Lipinski definition) is 1. The molecule has 0 unspecified atom stereocenters. The summed E-state index contributed by atoms with van der Waals surface area (Å²) in [6, 6.07) is 21.2. The van der Waals surface area contributed by atoms with Gasteiger partial charge in [-0.2, -0.15) is 0 Å². The smallest absolute Gasteiger partial charge is 0.0578 e. The van der Waals surface area contributed by atoms with E-state index in [1.807, 2.05) is 12.1 Å². The molecule has 0 heterocycles. The lowest BCUT2D eigenvalue weighted by atomic mass is 9.99. The van der Waals surface area contributed by atoms with Crippen LogP contribution in [0.3, 0.4) is 0 Å². The molecule has 2 aromatic carbocycles. The molecule has 2 aromatic rings. The molecule has 0 aliphatic rings.